The van der Waals surface area contributed by atoms with Crippen molar-refractivity contribution in [1.82, 2.24) is 0 Å². The van der Waals surface area contributed by atoms with E-state index in [1.165, 1.54) is 5.57 Å². The lowest BCUT2D eigenvalue weighted by atomic mass is 9.41. The summed E-state index contributed by atoms with van der Waals surface area (Å²) in [7, 11) is 0. The maximum atomic E-state index is 11.9. The van der Waals surface area contributed by atoms with Crippen LogP contribution in [0.3, 0.4) is 0 Å². The van der Waals surface area contributed by atoms with Gasteiger partial charge in [0.1, 0.15) is 42.7 Å². The van der Waals surface area contributed by atoms with Crippen molar-refractivity contribution in [3.63, 3.8) is 0 Å². The Balaban J connectivity index is 1.17. The summed E-state index contributed by atoms with van der Waals surface area (Å²) >= 11 is 0. The summed E-state index contributed by atoms with van der Waals surface area (Å²) in [5.41, 5.74) is 0.149. The molecule has 7 fully saturated rings. The van der Waals surface area contributed by atoms with Gasteiger partial charge in [0.15, 0.2) is 12.6 Å². The minimum absolute atomic E-state index is 0.0232. The Morgan fingerprint density at radius 3 is 2.15 bits per heavy atom. The lowest BCUT2D eigenvalue weighted by molar-refractivity contribution is -0.328. The molecule has 2 aliphatic heterocycles. The second-order valence-electron chi connectivity index (χ2n) is 19.7. The third-order valence-electron chi connectivity index (χ3n) is 17.0. The van der Waals surface area contributed by atoms with Gasteiger partial charge in [-0.05, 0) is 117 Å². The van der Waals surface area contributed by atoms with Gasteiger partial charge in [0.25, 0.3) is 0 Å². The Labute approximate surface area is 319 Å². The van der Waals surface area contributed by atoms with Gasteiger partial charge in [-0.3, -0.25) is 0 Å². The van der Waals surface area contributed by atoms with Crippen LogP contribution < -0.4 is 0 Å². The largest absolute Gasteiger partial charge is 0.394 e. The quantitative estimate of drug-likeness (QED) is 0.114. The van der Waals surface area contributed by atoms with Crippen LogP contribution in [0, 0.1) is 50.7 Å². The standard InChI is InChI=1S/C41H68O13/c1-20(2)7-8-22(43)21(3)29-23(44)15-39(6)27-10-9-26-37(4,19-52-36-34(50)32(48)31(47)25(16-42)53-36)28(54-35-33(49)30(46)24(45)17-51-35)11-12-40(26)18-41(27,40)14-13-38(29,39)5/h7,21-36,42-50H,8-19H2,1-6H3. The van der Waals surface area contributed by atoms with E-state index >= 15 is 0 Å². The predicted octanol–water partition coefficient (Wildman–Crippen LogP) is 1.37. The van der Waals surface area contributed by atoms with Gasteiger partial charge in [-0.1, -0.05) is 39.3 Å². The summed E-state index contributed by atoms with van der Waals surface area (Å²) in [6.45, 7) is 12.3. The van der Waals surface area contributed by atoms with Gasteiger partial charge in [-0.25, -0.2) is 0 Å². The fourth-order valence-corrected chi connectivity index (χ4v) is 14.0. The first-order valence-corrected chi connectivity index (χ1v) is 20.5. The molecule has 5 aliphatic carbocycles. The van der Waals surface area contributed by atoms with Crippen LogP contribution in [0.1, 0.15) is 99.3 Å². The Morgan fingerprint density at radius 2 is 1.46 bits per heavy atom. The molecule has 0 aromatic heterocycles. The van der Waals surface area contributed by atoms with Crippen molar-refractivity contribution in [2.75, 3.05) is 19.8 Å². The molecule has 21 atom stereocenters. The number of fused-ring (bicyclic) bond motifs is 2. The average Bonchev–Trinajstić information content (AvgIpc) is 3.74. The van der Waals surface area contributed by atoms with E-state index < -0.39 is 85.6 Å². The molecule has 9 N–H and O–H groups in total. The second kappa shape index (κ2) is 14.5. The molecular formula is C41H68O13. The molecule has 21 unspecified atom stereocenters. The zero-order chi connectivity index (χ0) is 39.3. The number of aliphatic hydroxyl groups excluding tert-OH is 9. The highest BCUT2D eigenvalue weighted by Gasteiger charge is 2.83. The van der Waals surface area contributed by atoms with Crippen molar-refractivity contribution < 1.29 is 64.9 Å². The Kier molecular flexibility index (Phi) is 11.1. The normalized spacial score (nSPS) is 55.1. The van der Waals surface area contributed by atoms with Gasteiger partial charge >= 0.3 is 0 Å². The van der Waals surface area contributed by atoms with Gasteiger partial charge in [-0.15, -0.1) is 0 Å². The fraction of sp³-hybridized carbons (Fsp3) is 0.951. The third-order valence-corrected chi connectivity index (χ3v) is 17.0. The van der Waals surface area contributed by atoms with Crippen molar-refractivity contribution in [3.05, 3.63) is 11.6 Å². The van der Waals surface area contributed by atoms with Gasteiger partial charge < -0.3 is 64.9 Å². The molecule has 0 aromatic rings. The van der Waals surface area contributed by atoms with Crippen LogP contribution in [-0.4, -0.2) is 139 Å². The lowest BCUT2D eigenvalue weighted by Gasteiger charge is -2.64. The van der Waals surface area contributed by atoms with E-state index in [-0.39, 0.29) is 52.6 Å². The summed E-state index contributed by atoms with van der Waals surface area (Å²) in [5.74, 6) is 0.370. The highest BCUT2D eigenvalue weighted by molar-refractivity contribution is 5.31. The summed E-state index contributed by atoms with van der Waals surface area (Å²) < 4.78 is 24.4. The van der Waals surface area contributed by atoms with Gasteiger partial charge in [0, 0.05) is 5.41 Å². The van der Waals surface area contributed by atoms with E-state index in [2.05, 4.69) is 33.8 Å². The van der Waals surface area contributed by atoms with Crippen molar-refractivity contribution in [1.29, 1.82) is 0 Å². The zero-order valence-corrected chi connectivity index (χ0v) is 33.0. The minimum Gasteiger partial charge on any atom is -0.394 e. The molecule has 0 radical (unpaired) electrons. The monoisotopic (exact) mass is 768 g/mol. The topological polar surface area (TPSA) is 219 Å². The van der Waals surface area contributed by atoms with E-state index in [0.29, 0.717) is 25.2 Å². The maximum Gasteiger partial charge on any atom is 0.186 e. The predicted molar refractivity (Wildman–Crippen MR) is 194 cm³/mol. The third kappa shape index (κ3) is 6.04. The van der Waals surface area contributed by atoms with Crippen LogP contribution in [0.4, 0.5) is 0 Å². The molecule has 310 valence electrons. The van der Waals surface area contributed by atoms with Crippen LogP contribution in [0.25, 0.3) is 0 Å². The van der Waals surface area contributed by atoms with Gasteiger partial charge in [0.2, 0.25) is 0 Å². The number of hydrogen-bond acceptors (Lipinski definition) is 13. The number of allylic oxidation sites excluding steroid dienone is 1. The molecule has 54 heavy (non-hydrogen) atoms. The summed E-state index contributed by atoms with van der Waals surface area (Å²) in [6.07, 6.45) is -4.35. The van der Waals surface area contributed by atoms with Crippen LogP contribution >= 0.6 is 0 Å². The molecule has 7 aliphatic rings. The molecule has 2 spiro atoms. The first kappa shape index (κ1) is 41.4. The fourth-order valence-electron chi connectivity index (χ4n) is 14.0. The maximum absolute atomic E-state index is 11.9. The van der Waals surface area contributed by atoms with Crippen LogP contribution in [-0.2, 0) is 18.9 Å². The van der Waals surface area contributed by atoms with Crippen molar-refractivity contribution in [2.45, 2.75) is 173 Å². The van der Waals surface area contributed by atoms with Crippen molar-refractivity contribution >= 4 is 0 Å². The highest BCUT2D eigenvalue weighted by atomic mass is 16.7. The minimum atomic E-state index is -1.58. The number of rotatable bonds is 10. The van der Waals surface area contributed by atoms with E-state index in [1.54, 1.807) is 0 Å². The number of ether oxygens (including phenoxy) is 4. The molecule has 0 aromatic carbocycles. The lowest BCUT2D eigenvalue weighted by Crippen LogP contribution is -2.62. The first-order chi connectivity index (χ1) is 25.3. The zero-order valence-electron chi connectivity index (χ0n) is 33.0. The van der Waals surface area contributed by atoms with E-state index in [1.807, 2.05) is 13.8 Å². The van der Waals surface area contributed by atoms with E-state index in [0.717, 1.165) is 38.5 Å². The molecule has 7 rings (SSSR count). The molecule has 0 amide bonds. The van der Waals surface area contributed by atoms with E-state index in [4.69, 9.17) is 18.9 Å². The molecule has 13 heteroatoms. The number of hydrogen-bond donors (Lipinski definition) is 9. The smallest absolute Gasteiger partial charge is 0.186 e. The summed E-state index contributed by atoms with van der Waals surface area (Å²) in [4.78, 5) is 0. The summed E-state index contributed by atoms with van der Waals surface area (Å²) in [6, 6.07) is 0. The average molecular weight is 769 g/mol. The Morgan fingerprint density at radius 1 is 0.796 bits per heavy atom. The SMILES string of the molecule is CC(C)=CCC(O)C(C)C1C(O)CC2(C)C3CCC4C(C)(COC5OC(CO)C(O)C(O)C5O)C(OC5OCC(O)C(O)C5O)CCC45CC35CCC12C. The second-order valence-corrected chi connectivity index (χ2v) is 19.7. The van der Waals surface area contributed by atoms with Crippen LogP contribution in [0.5, 0.6) is 0 Å². The molecular weight excluding hydrogens is 700 g/mol. The van der Waals surface area contributed by atoms with Crippen LogP contribution in [0.2, 0.25) is 0 Å². The van der Waals surface area contributed by atoms with Gasteiger partial charge in [0.05, 0.1) is 38.1 Å². The first-order valence-electron chi connectivity index (χ1n) is 20.5. The molecule has 0 bridgehead atoms. The van der Waals surface area contributed by atoms with Crippen molar-refractivity contribution in [3.8, 4) is 0 Å². The molecule has 2 saturated heterocycles. The highest BCUT2D eigenvalue weighted by Crippen LogP contribution is 2.89. The Bertz CT molecular complexity index is 1390. The molecule has 2 heterocycles. The Hall–Kier alpha value is -0.780. The molecule has 13 nitrogen and oxygen atoms in total. The van der Waals surface area contributed by atoms with Crippen LogP contribution in [0.15, 0.2) is 11.6 Å². The van der Waals surface area contributed by atoms with Crippen molar-refractivity contribution in [2.24, 2.45) is 50.7 Å². The van der Waals surface area contributed by atoms with E-state index in [9.17, 15) is 46.0 Å². The molecule has 5 saturated carbocycles. The van der Waals surface area contributed by atoms with Gasteiger partial charge in [-0.2, -0.15) is 0 Å². The summed E-state index contributed by atoms with van der Waals surface area (Å²) in [5, 5.41) is 96.3. The number of aliphatic hydroxyl groups is 9.